The summed E-state index contributed by atoms with van der Waals surface area (Å²) < 4.78 is 7.12. The molecule has 30 heavy (non-hydrogen) atoms. The van der Waals surface area contributed by atoms with Crippen molar-refractivity contribution in [2.75, 3.05) is 7.11 Å². The van der Waals surface area contributed by atoms with Crippen LogP contribution in [-0.2, 0) is 6.42 Å². The van der Waals surface area contributed by atoms with E-state index in [-0.39, 0.29) is 11.9 Å². The highest BCUT2D eigenvalue weighted by molar-refractivity contribution is 5.92. The summed E-state index contributed by atoms with van der Waals surface area (Å²) in [7, 11) is 1.54. The molecule has 1 aliphatic carbocycles. The highest BCUT2D eigenvalue weighted by atomic mass is 16.5. The van der Waals surface area contributed by atoms with Crippen LogP contribution >= 0.6 is 0 Å². The maximum absolute atomic E-state index is 12.8. The minimum Gasteiger partial charge on any atom is -0.481 e. The lowest BCUT2D eigenvalue weighted by Crippen LogP contribution is -2.45. The zero-order chi connectivity index (χ0) is 20.9. The fraction of sp³-hybridized carbons (Fsp3) is 0.348. The molecule has 2 aromatic heterocycles. The monoisotopic (exact) mass is 406 g/mol. The second-order valence-corrected chi connectivity index (χ2v) is 7.63. The Labute approximate surface area is 175 Å². The molecule has 0 aliphatic heterocycles. The number of aliphatic hydroxyl groups is 1. The van der Waals surface area contributed by atoms with Crippen molar-refractivity contribution in [2.45, 2.75) is 44.2 Å². The van der Waals surface area contributed by atoms with Crippen molar-refractivity contribution in [3.63, 3.8) is 0 Å². The van der Waals surface area contributed by atoms with E-state index in [1.165, 1.54) is 7.11 Å². The van der Waals surface area contributed by atoms with Crippen LogP contribution in [0, 0.1) is 0 Å². The summed E-state index contributed by atoms with van der Waals surface area (Å²) in [5, 5.41) is 17.3. The topological polar surface area (TPSA) is 89.3 Å². The standard InChI is InChI=1S/C23H26N4O3/c1-30-22-15-17(13-16-7-9-18(10-8-16)27-12-4-11-24-27)14-20(25-22)23(29)26-19-5-2-3-6-21(19)28/h4,7-12,14-15,19,21,28H,2-3,5-6,13H2,1H3,(H,26,29)/t19-,21-/m0/s1. The summed E-state index contributed by atoms with van der Waals surface area (Å²) in [4.78, 5) is 17.1. The van der Waals surface area contributed by atoms with Crippen molar-refractivity contribution < 1.29 is 14.6 Å². The number of carbonyl (C=O) groups is 1. The van der Waals surface area contributed by atoms with Gasteiger partial charge in [0, 0.05) is 18.5 Å². The predicted octanol–water partition coefficient (Wildman–Crippen LogP) is 2.90. The number of benzene rings is 1. The number of rotatable bonds is 6. The molecule has 1 saturated carbocycles. The van der Waals surface area contributed by atoms with E-state index >= 15 is 0 Å². The van der Waals surface area contributed by atoms with Crippen LogP contribution in [0.2, 0.25) is 0 Å². The number of carbonyl (C=O) groups excluding carboxylic acids is 1. The molecule has 3 aromatic rings. The van der Waals surface area contributed by atoms with Crippen molar-refractivity contribution in [1.29, 1.82) is 0 Å². The predicted molar refractivity (Wildman–Crippen MR) is 113 cm³/mol. The van der Waals surface area contributed by atoms with Gasteiger partial charge in [-0.15, -0.1) is 0 Å². The molecule has 1 aromatic carbocycles. The van der Waals surface area contributed by atoms with Crippen LogP contribution in [0.3, 0.4) is 0 Å². The van der Waals surface area contributed by atoms with Gasteiger partial charge in [0.25, 0.3) is 5.91 Å². The summed E-state index contributed by atoms with van der Waals surface area (Å²) >= 11 is 0. The van der Waals surface area contributed by atoms with Crippen molar-refractivity contribution >= 4 is 5.91 Å². The molecule has 2 N–H and O–H groups in total. The first-order valence-corrected chi connectivity index (χ1v) is 10.3. The molecule has 1 aliphatic rings. The maximum atomic E-state index is 12.8. The number of hydrogen-bond donors (Lipinski definition) is 2. The van der Waals surface area contributed by atoms with Crippen molar-refractivity contribution in [2.24, 2.45) is 0 Å². The zero-order valence-electron chi connectivity index (χ0n) is 17.0. The number of aliphatic hydroxyl groups excluding tert-OH is 1. The molecule has 0 unspecified atom stereocenters. The number of methoxy groups -OCH3 is 1. The molecule has 7 heteroatoms. The van der Waals surface area contributed by atoms with Crippen LogP contribution < -0.4 is 10.1 Å². The highest BCUT2D eigenvalue weighted by Crippen LogP contribution is 2.20. The van der Waals surface area contributed by atoms with E-state index in [1.807, 2.05) is 42.6 Å². The molecule has 7 nitrogen and oxygen atoms in total. The van der Waals surface area contributed by atoms with Gasteiger partial charge in [-0.05, 0) is 54.7 Å². The van der Waals surface area contributed by atoms with Crippen molar-refractivity contribution in [3.8, 4) is 11.6 Å². The summed E-state index contributed by atoms with van der Waals surface area (Å²) in [6.45, 7) is 0. The Hall–Kier alpha value is -3.19. The van der Waals surface area contributed by atoms with Crippen molar-refractivity contribution in [3.05, 3.63) is 71.7 Å². The average Bonchev–Trinajstić information content (AvgIpc) is 3.30. The lowest BCUT2D eigenvalue weighted by molar-refractivity contribution is 0.0713. The first kappa shape index (κ1) is 20.1. The third-order valence-corrected chi connectivity index (χ3v) is 5.46. The van der Waals surface area contributed by atoms with E-state index in [1.54, 1.807) is 16.9 Å². The Morgan fingerprint density at radius 3 is 2.70 bits per heavy atom. The fourth-order valence-electron chi connectivity index (χ4n) is 3.83. The van der Waals surface area contributed by atoms with Crippen LogP contribution in [-0.4, -0.2) is 45.0 Å². The Kier molecular flexibility index (Phi) is 6.09. The number of hydrogen-bond acceptors (Lipinski definition) is 5. The van der Waals surface area contributed by atoms with Gasteiger partial charge in [0.15, 0.2) is 0 Å². The Bertz CT molecular complexity index is 986. The van der Waals surface area contributed by atoms with E-state index in [9.17, 15) is 9.90 Å². The summed E-state index contributed by atoms with van der Waals surface area (Å²) in [6, 6.07) is 13.4. The highest BCUT2D eigenvalue weighted by Gasteiger charge is 2.25. The first-order chi connectivity index (χ1) is 14.6. The number of aromatic nitrogens is 3. The number of ether oxygens (including phenoxy) is 1. The molecule has 1 amide bonds. The summed E-state index contributed by atoms with van der Waals surface area (Å²) in [5.41, 5.74) is 3.33. The quantitative estimate of drug-likeness (QED) is 0.657. The Balaban J connectivity index is 1.50. The van der Waals surface area contributed by atoms with Gasteiger partial charge in [0.1, 0.15) is 5.69 Å². The molecular weight excluding hydrogens is 380 g/mol. The smallest absolute Gasteiger partial charge is 0.270 e. The molecule has 0 saturated heterocycles. The normalized spacial score (nSPS) is 18.7. The van der Waals surface area contributed by atoms with E-state index in [2.05, 4.69) is 15.4 Å². The summed E-state index contributed by atoms with van der Waals surface area (Å²) in [6.07, 6.45) is 7.29. The SMILES string of the molecule is COc1cc(Cc2ccc(-n3cccn3)cc2)cc(C(=O)N[C@H]2CCCC[C@@H]2O)n1. The van der Waals surface area contributed by atoms with E-state index in [0.717, 1.165) is 42.5 Å². The zero-order valence-corrected chi connectivity index (χ0v) is 17.0. The van der Waals surface area contributed by atoms with Crippen LogP contribution in [0.25, 0.3) is 5.69 Å². The number of pyridine rings is 1. The molecule has 0 bridgehead atoms. The number of amides is 1. The van der Waals surface area contributed by atoms with E-state index in [4.69, 9.17) is 4.74 Å². The second kappa shape index (κ2) is 9.09. The molecule has 1 fully saturated rings. The molecule has 156 valence electrons. The largest absolute Gasteiger partial charge is 0.481 e. The minimum atomic E-state index is -0.499. The van der Waals surface area contributed by atoms with Crippen molar-refractivity contribution in [1.82, 2.24) is 20.1 Å². The molecular formula is C23H26N4O3. The molecule has 2 heterocycles. The van der Waals surface area contributed by atoms with Crippen LogP contribution in [0.4, 0.5) is 0 Å². The van der Waals surface area contributed by atoms with Crippen LogP contribution in [0.5, 0.6) is 5.88 Å². The average molecular weight is 406 g/mol. The van der Waals surface area contributed by atoms with E-state index in [0.29, 0.717) is 18.0 Å². The maximum Gasteiger partial charge on any atom is 0.270 e. The minimum absolute atomic E-state index is 0.224. The third-order valence-electron chi connectivity index (χ3n) is 5.46. The molecule has 2 atom stereocenters. The molecule has 4 rings (SSSR count). The first-order valence-electron chi connectivity index (χ1n) is 10.3. The Morgan fingerprint density at radius 2 is 2.00 bits per heavy atom. The van der Waals surface area contributed by atoms with Crippen LogP contribution in [0.1, 0.15) is 47.3 Å². The molecule has 0 spiro atoms. The van der Waals surface area contributed by atoms with Gasteiger partial charge in [-0.2, -0.15) is 5.10 Å². The van der Waals surface area contributed by atoms with Gasteiger partial charge >= 0.3 is 0 Å². The van der Waals surface area contributed by atoms with Gasteiger partial charge in [-0.25, -0.2) is 9.67 Å². The second-order valence-electron chi connectivity index (χ2n) is 7.63. The fourth-order valence-corrected chi connectivity index (χ4v) is 3.83. The summed E-state index contributed by atoms with van der Waals surface area (Å²) in [5.74, 6) is 0.116. The molecule has 0 radical (unpaired) electrons. The Morgan fingerprint density at radius 1 is 1.20 bits per heavy atom. The van der Waals surface area contributed by atoms with Gasteiger partial charge in [0.2, 0.25) is 5.88 Å². The number of nitrogens with one attached hydrogen (secondary N) is 1. The number of nitrogens with zero attached hydrogens (tertiary/aromatic N) is 3. The van der Waals surface area contributed by atoms with Crippen LogP contribution in [0.15, 0.2) is 54.9 Å². The third kappa shape index (κ3) is 4.68. The van der Waals surface area contributed by atoms with Gasteiger partial charge < -0.3 is 15.2 Å². The lowest BCUT2D eigenvalue weighted by Gasteiger charge is -2.28. The van der Waals surface area contributed by atoms with Gasteiger partial charge in [-0.3, -0.25) is 4.79 Å². The van der Waals surface area contributed by atoms with Gasteiger partial charge in [0.05, 0.1) is 24.9 Å². The lowest BCUT2D eigenvalue weighted by atomic mass is 9.92. The van der Waals surface area contributed by atoms with E-state index < -0.39 is 6.10 Å². The van der Waals surface area contributed by atoms with Gasteiger partial charge in [-0.1, -0.05) is 25.0 Å².